The van der Waals surface area contributed by atoms with Crippen LogP contribution in [0.3, 0.4) is 0 Å². The molecule has 3 aliphatic heterocycles. The van der Waals surface area contributed by atoms with Crippen LogP contribution >= 0.6 is 0 Å². The number of alkyl carbamates (subject to hydrolysis) is 1. The van der Waals surface area contributed by atoms with E-state index >= 15 is 0 Å². The van der Waals surface area contributed by atoms with Gasteiger partial charge in [0.1, 0.15) is 23.2 Å². The molecule has 7 rings (SSSR count). The van der Waals surface area contributed by atoms with Crippen molar-refractivity contribution in [3.05, 3.63) is 12.2 Å². The van der Waals surface area contributed by atoms with Gasteiger partial charge in [-0.1, -0.05) is 57.1 Å². The van der Waals surface area contributed by atoms with Gasteiger partial charge in [-0.15, -0.1) is 0 Å². The van der Waals surface area contributed by atoms with Gasteiger partial charge >= 0.3 is 12.1 Å². The lowest BCUT2D eigenvalue weighted by molar-refractivity contribution is -0.145. The number of carbonyl (C=O) groups excluding carboxylic acids is 3. The fourth-order valence-electron chi connectivity index (χ4n) is 11.3. The second kappa shape index (κ2) is 17.0. The molecule has 13 nitrogen and oxygen atoms in total. The minimum atomic E-state index is -1.38. The third kappa shape index (κ3) is 9.05. The van der Waals surface area contributed by atoms with E-state index in [2.05, 4.69) is 26.6 Å². The minimum Gasteiger partial charge on any atom is -0.479 e. The summed E-state index contributed by atoms with van der Waals surface area (Å²) in [6.07, 6.45) is 21.2. The zero-order valence-corrected chi connectivity index (χ0v) is 33.7. The average Bonchev–Trinajstić information content (AvgIpc) is 3.45. The first-order chi connectivity index (χ1) is 26.4. The van der Waals surface area contributed by atoms with E-state index in [1.165, 1.54) is 44.9 Å². The van der Waals surface area contributed by atoms with E-state index < -0.39 is 41.2 Å². The number of hydrazine groups is 2. The van der Waals surface area contributed by atoms with Gasteiger partial charge in [-0.05, 0) is 115 Å². The SMILES string of the molecule is COC1CCC(C2NN([C@H]3C[C@H]4C(=O)N[C@]5(C(=O)O)C[C@H]5/C=C\CCCCC[C@H](NC(=O)OC(C)(C)C)C(=O)N4C3)NC2C2CCCC3CCCCC32)CC1. The van der Waals surface area contributed by atoms with Crippen molar-refractivity contribution in [2.75, 3.05) is 13.7 Å². The molecule has 4 saturated carbocycles. The fraction of sp³-hybridized carbons (Fsp3) is 0.857. The summed E-state index contributed by atoms with van der Waals surface area (Å²) in [7, 11) is 1.82. The number of carbonyl (C=O) groups is 4. The number of aliphatic carboxylic acids is 1. The maximum atomic E-state index is 14.7. The highest BCUT2D eigenvalue weighted by Crippen LogP contribution is 2.48. The Bertz CT molecular complexity index is 1430. The predicted molar refractivity (Wildman–Crippen MR) is 207 cm³/mol. The number of carboxylic acids is 1. The molecule has 308 valence electrons. The molecule has 3 amide bonds. The van der Waals surface area contributed by atoms with Crippen molar-refractivity contribution in [2.24, 2.45) is 29.6 Å². The van der Waals surface area contributed by atoms with Crippen molar-refractivity contribution in [3.63, 3.8) is 0 Å². The second-order valence-corrected chi connectivity index (χ2v) is 19.0. The van der Waals surface area contributed by atoms with Crippen LogP contribution in [0, 0.1) is 29.6 Å². The van der Waals surface area contributed by atoms with Crippen LogP contribution in [-0.4, -0.2) is 100 Å². The summed E-state index contributed by atoms with van der Waals surface area (Å²) in [6.45, 7) is 5.62. The van der Waals surface area contributed by atoms with Gasteiger partial charge in [-0.2, -0.15) is 5.12 Å². The molecule has 0 bridgehead atoms. The van der Waals surface area contributed by atoms with Gasteiger partial charge in [0.05, 0.1) is 12.1 Å². The molecule has 0 aromatic rings. The minimum absolute atomic E-state index is 0.224. The third-order valence-corrected chi connectivity index (χ3v) is 14.3. The quantitative estimate of drug-likeness (QED) is 0.227. The van der Waals surface area contributed by atoms with Crippen molar-refractivity contribution in [3.8, 4) is 0 Å². The number of hydrogen-bond donors (Lipinski definition) is 5. The summed E-state index contributed by atoms with van der Waals surface area (Å²) >= 11 is 0. The Morgan fingerprint density at radius 1 is 0.873 bits per heavy atom. The van der Waals surface area contributed by atoms with Crippen LogP contribution in [0.5, 0.6) is 0 Å². The van der Waals surface area contributed by atoms with Crippen molar-refractivity contribution in [1.29, 1.82) is 0 Å². The average molecular weight is 769 g/mol. The molecule has 55 heavy (non-hydrogen) atoms. The Hall–Kier alpha value is -2.74. The van der Waals surface area contributed by atoms with Crippen molar-refractivity contribution < 1.29 is 33.8 Å². The van der Waals surface area contributed by atoms with E-state index in [-0.39, 0.29) is 36.5 Å². The maximum Gasteiger partial charge on any atom is 0.408 e. The highest BCUT2D eigenvalue weighted by atomic mass is 16.6. The Balaban J connectivity index is 1.16. The molecule has 4 aliphatic carbocycles. The van der Waals surface area contributed by atoms with Crippen molar-refractivity contribution >= 4 is 23.9 Å². The van der Waals surface area contributed by atoms with E-state index in [1.807, 2.05) is 19.3 Å². The second-order valence-electron chi connectivity index (χ2n) is 19.0. The monoisotopic (exact) mass is 769 g/mol. The van der Waals surface area contributed by atoms with Crippen LogP contribution in [0.1, 0.15) is 136 Å². The van der Waals surface area contributed by atoms with Gasteiger partial charge in [0.15, 0.2) is 0 Å². The maximum absolute atomic E-state index is 14.7. The Labute approximate surface area is 327 Å². The number of nitrogens with zero attached hydrogens (tertiary/aromatic N) is 2. The number of allylic oxidation sites excluding steroid dienone is 1. The van der Waals surface area contributed by atoms with Crippen LogP contribution in [0.15, 0.2) is 12.2 Å². The first-order valence-electron chi connectivity index (χ1n) is 21.7. The van der Waals surface area contributed by atoms with Crippen molar-refractivity contribution in [2.45, 2.75) is 184 Å². The molecule has 13 heteroatoms. The van der Waals surface area contributed by atoms with Crippen LogP contribution in [0.2, 0.25) is 0 Å². The van der Waals surface area contributed by atoms with Gasteiger partial charge in [0.25, 0.3) is 0 Å². The van der Waals surface area contributed by atoms with E-state index in [0.29, 0.717) is 49.5 Å². The number of fused-ring (bicyclic) bond motifs is 3. The number of amides is 3. The summed E-state index contributed by atoms with van der Waals surface area (Å²) in [6, 6.07) is -1.56. The zero-order valence-electron chi connectivity index (χ0n) is 33.7. The summed E-state index contributed by atoms with van der Waals surface area (Å²) in [4.78, 5) is 56.4. The Morgan fingerprint density at radius 2 is 1.58 bits per heavy atom. The molecule has 5 N–H and O–H groups in total. The lowest BCUT2D eigenvalue weighted by Crippen LogP contribution is -2.56. The standard InChI is InChI=1S/C42H68N6O7/c1-41(2,3)55-40(53)43-33-18-9-7-5-6-8-15-28-24-42(28,39(51)52)44-37(49)34-23-29(25-47(34)38(33)50)48-45-35(27-19-21-30(54-4)22-20-27)36(46-48)32-17-12-14-26-13-10-11-16-31(26)32/h8,15,26-36,45-46H,5-7,9-14,16-25H2,1-4H3,(H,43,53)(H,44,49)(H,51,52)/b15-8-/t26?,27?,28-,29+,30?,31?,32?,33+,34+,35?,36?,42-/m1/s1. The van der Waals surface area contributed by atoms with Crippen LogP contribution in [0.25, 0.3) is 0 Å². The van der Waals surface area contributed by atoms with Crippen LogP contribution < -0.4 is 21.5 Å². The first-order valence-corrected chi connectivity index (χ1v) is 21.7. The third-order valence-electron chi connectivity index (χ3n) is 14.3. The summed E-state index contributed by atoms with van der Waals surface area (Å²) in [5.74, 6) is 0.392. The van der Waals surface area contributed by atoms with Gasteiger partial charge in [0.2, 0.25) is 11.8 Å². The van der Waals surface area contributed by atoms with Gasteiger partial charge in [-0.25, -0.2) is 20.4 Å². The molecule has 5 unspecified atom stereocenters. The zero-order chi connectivity index (χ0) is 38.9. The Kier molecular flexibility index (Phi) is 12.5. The van der Waals surface area contributed by atoms with E-state index in [4.69, 9.17) is 9.47 Å². The summed E-state index contributed by atoms with van der Waals surface area (Å²) < 4.78 is 11.3. The number of ether oxygens (including phenoxy) is 2. The molecule has 0 aromatic carbocycles. The lowest BCUT2D eigenvalue weighted by atomic mass is 9.62. The predicted octanol–water partition coefficient (Wildman–Crippen LogP) is 5.20. The molecular weight excluding hydrogens is 700 g/mol. The number of carboxylic acid groups (broad SMARTS) is 1. The summed E-state index contributed by atoms with van der Waals surface area (Å²) in [5.41, 5.74) is 5.81. The number of nitrogens with one attached hydrogen (secondary N) is 4. The number of methoxy groups -OCH3 is 1. The smallest absolute Gasteiger partial charge is 0.408 e. The molecule has 3 heterocycles. The largest absolute Gasteiger partial charge is 0.479 e. The highest BCUT2D eigenvalue weighted by molar-refractivity contribution is 5.96. The fourth-order valence-corrected chi connectivity index (χ4v) is 11.3. The van der Waals surface area contributed by atoms with Crippen LogP contribution in [0.4, 0.5) is 4.79 Å². The van der Waals surface area contributed by atoms with Crippen LogP contribution in [-0.2, 0) is 23.9 Å². The van der Waals surface area contributed by atoms with Gasteiger partial charge in [0, 0.05) is 31.7 Å². The van der Waals surface area contributed by atoms with Gasteiger partial charge < -0.3 is 30.1 Å². The topological polar surface area (TPSA) is 162 Å². The molecule has 2 saturated heterocycles. The first kappa shape index (κ1) is 40.5. The molecule has 6 fully saturated rings. The van der Waals surface area contributed by atoms with E-state index in [9.17, 15) is 24.3 Å². The molecular formula is C42H68N6O7. The van der Waals surface area contributed by atoms with E-state index in [1.54, 1.807) is 25.7 Å². The van der Waals surface area contributed by atoms with E-state index in [0.717, 1.165) is 50.9 Å². The number of hydrogen-bond acceptors (Lipinski definition) is 9. The molecule has 10 atom stereocenters. The molecule has 0 radical (unpaired) electrons. The highest BCUT2D eigenvalue weighted by Gasteiger charge is 2.62. The molecule has 0 spiro atoms. The Morgan fingerprint density at radius 3 is 2.33 bits per heavy atom. The molecule has 7 aliphatic rings. The summed E-state index contributed by atoms with van der Waals surface area (Å²) in [5, 5.41) is 18.3. The normalized spacial score (nSPS) is 41.1. The van der Waals surface area contributed by atoms with Crippen molar-refractivity contribution in [1.82, 2.24) is 31.5 Å². The lowest BCUT2D eigenvalue weighted by Gasteiger charge is -2.46. The van der Waals surface area contributed by atoms with Gasteiger partial charge in [-0.3, -0.25) is 9.59 Å². The molecule has 0 aromatic heterocycles. The number of rotatable bonds is 6.